The number of nitrogens with one attached hydrogen (secondary N) is 1. The predicted molar refractivity (Wildman–Crippen MR) is 107 cm³/mol. The van der Waals surface area contributed by atoms with Gasteiger partial charge in [0.2, 0.25) is 0 Å². The first-order chi connectivity index (χ1) is 12.2. The van der Waals surface area contributed by atoms with E-state index < -0.39 is 0 Å². The molecule has 25 heavy (non-hydrogen) atoms. The average molecular weight is 356 g/mol. The first-order valence-electron chi connectivity index (χ1n) is 8.69. The largest absolute Gasteiger partial charge is 0.377 e. The molecule has 0 radical (unpaired) electrons. The van der Waals surface area contributed by atoms with E-state index in [1.54, 1.807) is 0 Å². The molecule has 0 unspecified atom stereocenters. The van der Waals surface area contributed by atoms with Crippen LogP contribution >= 0.6 is 11.9 Å². The van der Waals surface area contributed by atoms with Crippen molar-refractivity contribution in [1.29, 1.82) is 0 Å². The molecule has 1 heterocycles. The molecule has 0 amide bonds. The quantitative estimate of drug-likeness (QED) is 0.590. The van der Waals surface area contributed by atoms with Crippen LogP contribution in [-0.4, -0.2) is 37.8 Å². The molecule has 1 aliphatic heterocycles. The second-order valence-corrected chi connectivity index (χ2v) is 7.66. The summed E-state index contributed by atoms with van der Waals surface area (Å²) < 4.78 is 2.42. The number of aldehydes is 1. The Morgan fingerprint density at radius 2 is 1.76 bits per heavy atom. The number of carbonyl (C=O) groups excluding carboxylic acids is 1. The zero-order chi connectivity index (χ0) is 17.6. The topological polar surface area (TPSA) is 35.6 Å². The van der Waals surface area contributed by atoms with Gasteiger partial charge in [-0.05, 0) is 72.8 Å². The zero-order valence-corrected chi connectivity index (χ0v) is 15.7. The fraction of sp³-hybridized carbons (Fsp3) is 0.350. The molecule has 2 aromatic carbocycles. The lowest BCUT2D eigenvalue weighted by Gasteiger charge is -2.18. The third-order valence-corrected chi connectivity index (χ3v) is 5.41. The summed E-state index contributed by atoms with van der Waals surface area (Å²) in [5, 5.41) is 3.43. The van der Waals surface area contributed by atoms with Crippen molar-refractivity contribution in [3.63, 3.8) is 0 Å². The second kappa shape index (κ2) is 8.41. The summed E-state index contributed by atoms with van der Waals surface area (Å²) in [4.78, 5) is 14.3. The van der Waals surface area contributed by atoms with Crippen molar-refractivity contribution in [3.8, 4) is 0 Å². The van der Waals surface area contributed by atoms with Crippen molar-refractivity contribution in [2.45, 2.75) is 24.2 Å². The number of hydrogen-bond donors (Lipinski definition) is 1. The van der Waals surface area contributed by atoms with Gasteiger partial charge in [-0.1, -0.05) is 0 Å². The van der Waals surface area contributed by atoms with Crippen LogP contribution in [0.5, 0.6) is 0 Å². The van der Waals surface area contributed by atoms with Gasteiger partial charge in [0.1, 0.15) is 6.29 Å². The first-order valence-corrected chi connectivity index (χ1v) is 9.47. The van der Waals surface area contributed by atoms with Crippen molar-refractivity contribution in [2.24, 2.45) is 0 Å². The highest BCUT2D eigenvalue weighted by Crippen LogP contribution is 2.29. The van der Waals surface area contributed by atoms with Crippen LogP contribution < -0.4 is 10.2 Å². The molecule has 1 N–H and O–H groups in total. The van der Waals surface area contributed by atoms with Gasteiger partial charge in [-0.15, -0.1) is 0 Å². The average Bonchev–Trinajstić information content (AvgIpc) is 3.10. The Kier molecular flexibility index (Phi) is 6.00. The van der Waals surface area contributed by atoms with E-state index in [0.717, 1.165) is 28.9 Å². The molecule has 0 spiro atoms. The smallest absolute Gasteiger partial charge is 0.124 e. The summed E-state index contributed by atoms with van der Waals surface area (Å²) in [5.41, 5.74) is 4.17. The molecule has 1 aliphatic rings. The van der Waals surface area contributed by atoms with Gasteiger partial charge in [0.25, 0.3) is 0 Å². The molecule has 0 saturated carbocycles. The first kappa shape index (κ1) is 17.8. The van der Waals surface area contributed by atoms with Gasteiger partial charge < -0.3 is 15.0 Å². The predicted octanol–water partition coefficient (Wildman–Crippen LogP) is 4.34. The Morgan fingerprint density at radius 3 is 2.40 bits per heavy atom. The molecule has 5 heteroatoms. The van der Waals surface area contributed by atoms with E-state index in [2.05, 4.69) is 52.1 Å². The van der Waals surface area contributed by atoms with Crippen molar-refractivity contribution in [2.75, 3.05) is 37.4 Å². The number of nitrogens with zero attached hydrogens (tertiary/aromatic N) is 2. The molecule has 2 aromatic rings. The summed E-state index contributed by atoms with van der Waals surface area (Å²) >= 11 is 1.84. The molecular weight excluding hydrogens is 330 g/mol. The summed E-state index contributed by atoms with van der Waals surface area (Å²) in [5.74, 6) is 0. The molecule has 0 atom stereocenters. The number of anilines is 3. The van der Waals surface area contributed by atoms with E-state index in [1.165, 1.54) is 30.8 Å². The number of carbonyl (C=O) groups is 1. The molecule has 3 rings (SSSR count). The number of hydrogen-bond acceptors (Lipinski definition) is 5. The molecule has 0 aliphatic carbocycles. The third-order valence-electron chi connectivity index (χ3n) is 4.31. The minimum Gasteiger partial charge on any atom is -0.377 e. The normalized spacial score (nSPS) is 14.5. The second-order valence-electron chi connectivity index (χ2n) is 6.49. The Labute approximate surface area is 154 Å². The highest BCUT2D eigenvalue weighted by atomic mass is 32.2. The molecule has 0 aromatic heterocycles. The summed E-state index contributed by atoms with van der Waals surface area (Å²) in [6.07, 6.45) is 3.99. The molecule has 0 bridgehead atoms. The highest BCUT2D eigenvalue weighted by Gasteiger charge is 2.12. The van der Waals surface area contributed by atoms with Crippen LogP contribution in [0.2, 0.25) is 0 Å². The number of rotatable bonds is 7. The molecule has 4 nitrogen and oxygen atoms in total. The van der Waals surface area contributed by atoms with Gasteiger partial charge in [0, 0.05) is 55.6 Å². The minimum atomic E-state index is 0.425. The van der Waals surface area contributed by atoms with Gasteiger partial charge in [-0.25, -0.2) is 4.31 Å². The van der Waals surface area contributed by atoms with Crippen LogP contribution in [0, 0.1) is 0 Å². The van der Waals surface area contributed by atoms with Crippen LogP contribution in [0.3, 0.4) is 0 Å². The lowest BCUT2D eigenvalue weighted by molar-refractivity contribution is -0.107. The van der Waals surface area contributed by atoms with E-state index >= 15 is 0 Å². The van der Waals surface area contributed by atoms with E-state index in [1.807, 2.05) is 30.9 Å². The van der Waals surface area contributed by atoms with E-state index in [-0.39, 0.29) is 0 Å². The van der Waals surface area contributed by atoms with Crippen LogP contribution in [0.1, 0.15) is 18.4 Å². The minimum absolute atomic E-state index is 0.425. The summed E-state index contributed by atoms with van der Waals surface area (Å²) in [6, 6.07) is 14.7. The van der Waals surface area contributed by atoms with E-state index in [9.17, 15) is 4.79 Å². The summed E-state index contributed by atoms with van der Waals surface area (Å²) in [7, 11) is 3.99. The lowest BCUT2D eigenvalue weighted by Crippen LogP contribution is -2.11. The fourth-order valence-electron chi connectivity index (χ4n) is 3.05. The maximum Gasteiger partial charge on any atom is 0.124 e. The van der Waals surface area contributed by atoms with Crippen LogP contribution in [-0.2, 0) is 11.2 Å². The third kappa shape index (κ3) is 4.77. The maximum atomic E-state index is 11.0. The summed E-state index contributed by atoms with van der Waals surface area (Å²) in [6.45, 7) is 2.37. The van der Waals surface area contributed by atoms with Crippen LogP contribution in [0.15, 0.2) is 47.4 Å². The monoisotopic (exact) mass is 355 g/mol. The standard InChI is InChI=1S/C20H25N3OS/c1-22(2)20-10-7-18(15-16(20)11-14-24)21-17-5-8-19(9-6-17)25-23-12-3-4-13-23/h5-10,14-15,21H,3-4,11-13H2,1-2H3. The van der Waals surface area contributed by atoms with Crippen molar-refractivity contribution in [3.05, 3.63) is 48.0 Å². The van der Waals surface area contributed by atoms with E-state index in [0.29, 0.717) is 6.42 Å². The lowest BCUT2D eigenvalue weighted by atomic mass is 10.1. The van der Waals surface area contributed by atoms with Gasteiger partial charge in [-0.3, -0.25) is 0 Å². The maximum absolute atomic E-state index is 11.0. The van der Waals surface area contributed by atoms with Gasteiger partial charge >= 0.3 is 0 Å². The Bertz CT molecular complexity index is 709. The molecule has 1 saturated heterocycles. The van der Waals surface area contributed by atoms with Crippen LogP contribution in [0.4, 0.5) is 17.1 Å². The Balaban J connectivity index is 1.68. The Morgan fingerprint density at radius 1 is 1.08 bits per heavy atom. The molecule has 1 fully saturated rings. The van der Waals surface area contributed by atoms with Gasteiger partial charge in [-0.2, -0.15) is 0 Å². The number of benzene rings is 2. The van der Waals surface area contributed by atoms with Crippen LogP contribution in [0.25, 0.3) is 0 Å². The van der Waals surface area contributed by atoms with Gasteiger partial charge in [0.15, 0.2) is 0 Å². The van der Waals surface area contributed by atoms with Crippen molar-refractivity contribution >= 4 is 35.3 Å². The molecular formula is C20H25N3OS. The highest BCUT2D eigenvalue weighted by molar-refractivity contribution is 7.97. The van der Waals surface area contributed by atoms with E-state index in [4.69, 9.17) is 0 Å². The zero-order valence-electron chi connectivity index (χ0n) is 14.9. The SMILES string of the molecule is CN(C)c1ccc(Nc2ccc(SN3CCCC3)cc2)cc1CC=O. The Hall–Kier alpha value is -1.98. The van der Waals surface area contributed by atoms with Crippen molar-refractivity contribution < 1.29 is 4.79 Å². The van der Waals surface area contributed by atoms with Gasteiger partial charge in [0.05, 0.1) is 0 Å². The van der Waals surface area contributed by atoms with Crippen molar-refractivity contribution in [1.82, 2.24) is 4.31 Å². The molecule has 132 valence electrons. The fourth-order valence-corrected chi connectivity index (χ4v) is 4.04.